The molecular formula is C5H9ClO3. The number of carbonyl (C=O) groups is 1. The minimum Gasteiger partial charge on any atom is -0.280 e. The highest BCUT2D eigenvalue weighted by Crippen LogP contribution is 1.94. The summed E-state index contributed by atoms with van der Waals surface area (Å²) >= 11 is 4.78. The Hall–Kier alpha value is -0.280. The van der Waals surface area contributed by atoms with Crippen molar-refractivity contribution < 1.29 is 14.6 Å². The van der Waals surface area contributed by atoms with Crippen LogP contribution in [0.5, 0.6) is 0 Å². The fourth-order valence-corrected chi connectivity index (χ4v) is 0.261. The van der Waals surface area contributed by atoms with Gasteiger partial charge < -0.3 is 0 Å². The van der Waals surface area contributed by atoms with Crippen LogP contribution in [0, 0.1) is 5.92 Å². The lowest BCUT2D eigenvalue weighted by Gasteiger charge is -2.01. The van der Waals surface area contributed by atoms with E-state index in [0.29, 0.717) is 12.5 Å². The van der Waals surface area contributed by atoms with Crippen LogP contribution in [0.2, 0.25) is 0 Å². The minimum atomic E-state index is -0.935. The third kappa shape index (κ3) is 7.72. The molecule has 0 saturated heterocycles. The summed E-state index contributed by atoms with van der Waals surface area (Å²) in [5.41, 5.74) is -0.935. The second-order valence-electron chi connectivity index (χ2n) is 2.00. The highest BCUT2D eigenvalue weighted by atomic mass is 35.5. The zero-order valence-corrected chi connectivity index (χ0v) is 6.14. The topological polar surface area (TPSA) is 35.5 Å². The molecule has 0 aliphatic rings. The molecule has 0 aliphatic heterocycles. The smallest absolute Gasteiger partial charge is 0.280 e. The lowest BCUT2D eigenvalue weighted by Crippen LogP contribution is -2.03. The Labute approximate surface area is 58.8 Å². The van der Waals surface area contributed by atoms with E-state index in [1.54, 1.807) is 0 Å². The molecule has 0 spiro atoms. The molecule has 0 saturated carbocycles. The SMILES string of the molecule is CC(C)COOC(=O)Cl. The van der Waals surface area contributed by atoms with Crippen molar-refractivity contribution in [3.05, 3.63) is 0 Å². The van der Waals surface area contributed by atoms with Crippen molar-refractivity contribution in [2.45, 2.75) is 13.8 Å². The van der Waals surface area contributed by atoms with Crippen LogP contribution < -0.4 is 0 Å². The first-order chi connectivity index (χ1) is 4.13. The van der Waals surface area contributed by atoms with E-state index in [9.17, 15) is 4.79 Å². The zero-order chi connectivity index (χ0) is 7.28. The molecule has 0 aromatic rings. The normalized spacial score (nSPS) is 9.78. The van der Waals surface area contributed by atoms with Gasteiger partial charge in [0.1, 0.15) is 0 Å². The summed E-state index contributed by atoms with van der Waals surface area (Å²) in [4.78, 5) is 18.2. The number of carbonyl (C=O) groups excluding carboxylic acids is 1. The van der Waals surface area contributed by atoms with Crippen LogP contribution in [0.25, 0.3) is 0 Å². The zero-order valence-electron chi connectivity index (χ0n) is 5.39. The van der Waals surface area contributed by atoms with Gasteiger partial charge in [0.2, 0.25) is 0 Å². The monoisotopic (exact) mass is 152 g/mol. The molecule has 3 nitrogen and oxygen atoms in total. The van der Waals surface area contributed by atoms with Gasteiger partial charge in [0.15, 0.2) is 0 Å². The largest absolute Gasteiger partial charge is 0.435 e. The third-order valence-electron chi connectivity index (χ3n) is 0.526. The standard InChI is InChI=1S/C5H9ClO3/c1-4(2)3-8-9-5(6)7/h4H,3H2,1-2H3. The van der Waals surface area contributed by atoms with E-state index in [1.807, 2.05) is 13.8 Å². The fraction of sp³-hybridized carbons (Fsp3) is 0.800. The van der Waals surface area contributed by atoms with Crippen LogP contribution in [0.4, 0.5) is 4.79 Å². The van der Waals surface area contributed by atoms with Crippen LogP contribution in [0.3, 0.4) is 0 Å². The van der Waals surface area contributed by atoms with Gasteiger partial charge in [-0.05, 0) is 5.92 Å². The van der Waals surface area contributed by atoms with E-state index in [4.69, 9.17) is 11.6 Å². The van der Waals surface area contributed by atoms with Gasteiger partial charge in [-0.25, -0.2) is 4.79 Å². The molecule has 0 bridgehead atoms. The van der Waals surface area contributed by atoms with Crippen molar-refractivity contribution in [3.63, 3.8) is 0 Å². The highest BCUT2D eigenvalue weighted by molar-refractivity contribution is 6.61. The number of rotatable bonds is 3. The van der Waals surface area contributed by atoms with E-state index in [-0.39, 0.29) is 0 Å². The molecule has 9 heavy (non-hydrogen) atoms. The third-order valence-corrected chi connectivity index (χ3v) is 0.589. The van der Waals surface area contributed by atoms with Crippen molar-refractivity contribution >= 4 is 17.0 Å². The van der Waals surface area contributed by atoms with Crippen molar-refractivity contribution in [2.24, 2.45) is 5.92 Å². The van der Waals surface area contributed by atoms with Gasteiger partial charge in [0.25, 0.3) is 0 Å². The van der Waals surface area contributed by atoms with E-state index in [0.717, 1.165) is 0 Å². The van der Waals surface area contributed by atoms with Crippen molar-refractivity contribution in [1.29, 1.82) is 0 Å². The summed E-state index contributed by atoms with van der Waals surface area (Å²) in [6.07, 6.45) is 0. The summed E-state index contributed by atoms with van der Waals surface area (Å²) < 4.78 is 0. The van der Waals surface area contributed by atoms with E-state index >= 15 is 0 Å². The van der Waals surface area contributed by atoms with Crippen LogP contribution in [0.15, 0.2) is 0 Å². The second kappa shape index (κ2) is 4.58. The molecule has 54 valence electrons. The summed E-state index contributed by atoms with van der Waals surface area (Å²) in [7, 11) is 0. The quantitative estimate of drug-likeness (QED) is 0.352. The molecule has 4 heteroatoms. The van der Waals surface area contributed by atoms with Crippen LogP contribution in [-0.2, 0) is 9.78 Å². The van der Waals surface area contributed by atoms with Gasteiger partial charge in [-0.2, -0.15) is 4.89 Å². The molecule has 0 amide bonds. The Morgan fingerprint density at radius 1 is 1.67 bits per heavy atom. The Bertz CT molecular complexity index is 92.2. The summed E-state index contributed by atoms with van der Waals surface area (Å²) in [6, 6.07) is 0. The lowest BCUT2D eigenvalue weighted by atomic mass is 10.2. The van der Waals surface area contributed by atoms with E-state index in [2.05, 4.69) is 9.78 Å². The van der Waals surface area contributed by atoms with Crippen LogP contribution >= 0.6 is 11.6 Å². The van der Waals surface area contributed by atoms with Gasteiger partial charge in [-0.1, -0.05) is 13.8 Å². The summed E-state index contributed by atoms with van der Waals surface area (Å²) in [6.45, 7) is 4.24. The molecule has 0 fully saturated rings. The predicted octanol–water partition coefficient (Wildman–Crippen LogP) is 1.95. The Balaban J connectivity index is 3.01. The molecule has 0 unspecified atom stereocenters. The molecule has 0 rings (SSSR count). The van der Waals surface area contributed by atoms with Gasteiger partial charge in [0.05, 0.1) is 6.61 Å². The maximum Gasteiger partial charge on any atom is 0.435 e. The van der Waals surface area contributed by atoms with Gasteiger partial charge in [-0.15, -0.1) is 0 Å². The maximum absolute atomic E-state index is 9.84. The molecule has 0 N–H and O–H groups in total. The Morgan fingerprint density at radius 3 is 2.56 bits per heavy atom. The fourth-order valence-electron chi connectivity index (χ4n) is 0.216. The molecule has 0 aromatic heterocycles. The molecule has 0 aromatic carbocycles. The van der Waals surface area contributed by atoms with Crippen molar-refractivity contribution in [1.82, 2.24) is 0 Å². The maximum atomic E-state index is 9.84. The number of halogens is 1. The minimum absolute atomic E-state index is 0.334. The first kappa shape index (κ1) is 8.72. The van der Waals surface area contributed by atoms with Crippen molar-refractivity contribution in [3.8, 4) is 0 Å². The average Bonchev–Trinajstić information content (AvgIpc) is 1.63. The molecule has 0 aliphatic carbocycles. The highest BCUT2D eigenvalue weighted by Gasteiger charge is 1.97. The first-order valence-electron chi connectivity index (χ1n) is 2.62. The van der Waals surface area contributed by atoms with E-state index < -0.39 is 5.43 Å². The molecule has 0 atom stereocenters. The summed E-state index contributed by atoms with van der Waals surface area (Å²) in [5.74, 6) is 0.334. The van der Waals surface area contributed by atoms with Gasteiger partial charge >= 0.3 is 5.43 Å². The Kier molecular flexibility index (Phi) is 4.44. The molecular weight excluding hydrogens is 144 g/mol. The number of hydrogen-bond acceptors (Lipinski definition) is 3. The first-order valence-corrected chi connectivity index (χ1v) is 2.99. The van der Waals surface area contributed by atoms with Crippen molar-refractivity contribution in [2.75, 3.05) is 6.61 Å². The average molecular weight is 153 g/mol. The van der Waals surface area contributed by atoms with Gasteiger partial charge in [-0.3, -0.25) is 4.89 Å². The van der Waals surface area contributed by atoms with Crippen LogP contribution in [-0.4, -0.2) is 12.0 Å². The lowest BCUT2D eigenvalue weighted by molar-refractivity contribution is -0.237. The number of hydrogen-bond donors (Lipinski definition) is 0. The molecule has 0 heterocycles. The predicted molar refractivity (Wildman–Crippen MR) is 33.1 cm³/mol. The van der Waals surface area contributed by atoms with E-state index in [1.165, 1.54) is 0 Å². The van der Waals surface area contributed by atoms with Gasteiger partial charge in [0, 0.05) is 11.6 Å². The Morgan fingerprint density at radius 2 is 2.22 bits per heavy atom. The molecule has 0 radical (unpaired) electrons. The second-order valence-corrected chi connectivity index (χ2v) is 2.31. The van der Waals surface area contributed by atoms with Crippen LogP contribution in [0.1, 0.15) is 13.8 Å². The summed E-state index contributed by atoms with van der Waals surface area (Å²) in [5, 5.41) is 0.